The standard InChI is InChI=1S/C19H18O3/c1-21-16-9-6-15(7-10-16)18-11-8-14-4-2-3-5-17(14)19(18)22-13-12-20/h2-11,20H,12-13H2,1H3. The van der Waals surface area contributed by atoms with E-state index in [2.05, 4.69) is 18.2 Å². The van der Waals surface area contributed by atoms with Crippen molar-refractivity contribution >= 4 is 10.8 Å². The molecule has 0 saturated heterocycles. The molecule has 0 aromatic heterocycles. The first-order valence-electron chi connectivity index (χ1n) is 7.23. The van der Waals surface area contributed by atoms with Gasteiger partial charge in [0.25, 0.3) is 0 Å². The maximum atomic E-state index is 9.09. The molecule has 22 heavy (non-hydrogen) atoms. The van der Waals surface area contributed by atoms with Crippen LogP contribution in [0.1, 0.15) is 0 Å². The van der Waals surface area contributed by atoms with Crippen LogP contribution in [0.25, 0.3) is 21.9 Å². The molecule has 0 aliphatic heterocycles. The van der Waals surface area contributed by atoms with Gasteiger partial charge in [0.15, 0.2) is 0 Å². The molecular weight excluding hydrogens is 276 g/mol. The van der Waals surface area contributed by atoms with Crippen LogP contribution >= 0.6 is 0 Å². The second-order valence-corrected chi connectivity index (χ2v) is 4.96. The van der Waals surface area contributed by atoms with Crippen molar-refractivity contribution < 1.29 is 14.6 Å². The van der Waals surface area contributed by atoms with Crippen LogP contribution in [0.5, 0.6) is 11.5 Å². The Kier molecular flexibility index (Phi) is 4.26. The van der Waals surface area contributed by atoms with Gasteiger partial charge in [0.2, 0.25) is 0 Å². The first kappa shape index (κ1) is 14.4. The van der Waals surface area contributed by atoms with Gasteiger partial charge in [0.1, 0.15) is 18.1 Å². The first-order chi connectivity index (χ1) is 10.8. The Morgan fingerprint density at radius 2 is 1.68 bits per heavy atom. The molecule has 0 spiro atoms. The monoisotopic (exact) mass is 294 g/mol. The summed E-state index contributed by atoms with van der Waals surface area (Å²) in [6.07, 6.45) is 0. The smallest absolute Gasteiger partial charge is 0.135 e. The summed E-state index contributed by atoms with van der Waals surface area (Å²) in [6, 6.07) is 20.1. The molecule has 1 N–H and O–H groups in total. The van der Waals surface area contributed by atoms with Crippen molar-refractivity contribution in [1.82, 2.24) is 0 Å². The molecule has 0 atom stereocenters. The lowest BCUT2D eigenvalue weighted by Crippen LogP contribution is -2.03. The number of methoxy groups -OCH3 is 1. The fourth-order valence-electron chi connectivity index (χ4n) is 2.54. The molecular formula is C19H18O3. The van der Waals surface area contributed by atoms with Gasteiger partial charge in [0, 0.05) is 10.9 Å². The van der Waals surface area contributed by atoms with Gasteiger partial charge in [-0.2, -0.15) is 0 Å². The highest BCUT2D eigenvalue weighted by atomic mass is 16.5. The average molecular weight is 294 g/mol. The Hall–Kier alpha value is -2.52. The van der Waals surface area contributed by atoms with Gasteiger partial charge in [-0.25, -0.2) is 0 Å². The minimum Gasteiger partial charge on any atom is -0.497 e. The Balaban J connectivity index is 2.14. The van der Waals surface area contributed by atoms with E-state index in [4.69, 9.17) is 14.6 Å². The lowest BCUT2D eigenvalue weighted by molar-refractivity contribution is 0.203. The number of hydrogen-bond donors (Lipinski definition) is 1. The van der Waals surface area contributed by atoms with Crippen LogP contribution in [-0.2, 0) is 0 Å². The molecule has 3 rings (SSSR count). The van der Waals surface area contributed by atoms with E-state index in [1.165, 1.54) is 0 Å². The molecule has 112 valence electrons. The van der Waals surface area contributed by atoms with Gasteiger partial charge in [-0.15, -0.1) is 0 Å². The van der Waals surface area contributed by atoms with E-state index in [1.54, 1.807) is 7.11 Å². The Morgan fingerprint density at radius 3 is 2.41 bits per heavy atom. The van der Waals surface area contributed by atoms with Crippen molar-refractivity contribution in [2.75, 3.05) is 20.3 Å². The maximum absolute atomic E-state index is 9.09. The van der Waals surface area contributed by atoms with Crippen LogP contribution in [0.2, 0.25) is 0 Å². The van der Waals surface area contributed by atoms with E-state index >= 15 is 0 Å². The van der Waals surface area contributed by atoms with E-state index in [0.717, 1.165) is 33.4 Å². The van der Waals surface area contributed by atoms with Crippen LogP contribution in [0.3, 0.4) is 0 Å². The molecule has 3 heteroatoms. The third-order valence-electron chi connectivity index (χ3n) is 3.62. The summed E-state index contributed by atoms with van der Waals surface area (Å²) in [5, 5.41) is 11.3. The predicted molar refractivity (Wildman–Crippen MR) is 88.5 cm³/mol. The lowest BCUT2D eigenvalue weighted by atomic mass is 9.99. The third-order valence-corrected chi connectivity index (χ3v) is 3.62. The Labute approximate surface area is 129 Å². The van der Waals surface area contributed by atoms with E-state index in [1.807, 2.05) is 42.5 Å². The van der Waals surface area contributed by atoms with Gasteiger partial charge < -0.3 is 14.6 Å². The predicted octanol–water partition coefficient (Wildman–Crippen LogP) is 3.89. The molecule has 0 bridgehead atoms. The lowest BCUT2D eigenvalue weighted by Gasteiger charge is -2.14. The largest absolute Gasteiger partial charge is 0.497 e. The minimum absolute atomic E-state index is 0.00866. The molecule has 0 radical (unpaired) electrons. The molecule has 0 aliphatic carbocycles. The second kappa shape index (κ2) is 6.50. The third kappa shape index (κ3) is 2.76. The normalized spacial score (nSPS) is 10.6. The van der Waals surface area contributed by atoms with Gasteiger partial charge in [0.05, 0.1) is 13.7 Å². The zero-order valence-electron chi connectivity index (χ0n) is 12.5. The highest BCUT2D eigenvalue weighted by Crippen LogP contribution is 2.37. The molecule has 0 unspecified atom stereocenters. The van der Waals surface area contributed by atoms with Crippen LogP contribution < -0.4 is 9.47 Å². The molecule has 0 saturated carbocycles. The van der Waals surface area contributed by atoms with E-state index < -0.39 is 0 Å². The van der Waals surface area contributed by atoms with Gasteiger partial charge in [-0.05, 0) is 23.1 Å². The van der Waals surface area contributed by atoms with Crippen molar-refractivity contribution in [2.45, 2.75) is 0 Å². The minimum atomic E-state index is -0.00866. The Bertz CT molecular complexity index is 763. The summed E-state index contributed by atoms with van der Waals surface area (Å²) in [4.78, 5) is 0. The molecule has 0 fully saturated rings. The molecule has 0 heterocycles. The van der Waals surface area contributed by atoms with E-state index in [0.29, 0.717) is 0 Å². The van der Waals surface area contributed by atoms with Crippen LogP contribution in [0.4, 0.5) is 0 Å². The molecule has 3 aromatic rings. The quantitative estimate of drug-likeness (QED) is 0.776. The number of hydrogen-bond acceptors (Lipinski definition) is 3. The molecule has 3 aromatic carbocycles. The van der Waals surface area contributed by atoms with E-state index in [-0.39, 0.29) is 13.2 Å². The topological polar surface area (TPSA) is 38.7 Å². The van der Waals surface area contributed by atoms with E-state index in [9.17, 15) is 0 Å². The number of aliphatic hydroxyl groups is 1. The zero-order valence-corrected chi connectivity index (χ0v) is 12.5. The van der Waals surface area contributed by atoms with Crippen molar-refractivity contribution in [2.24, 2.45) is 0 Å². The highest BCUT2D eigenvalue weighted by Gasteiger charge is 2.11. The SMILES string of the molecule is COc1ccc(-c2ccc3ccccc3c2OCCO)cc1. The highest BCUT2D eigenvalue weighted by molar-refractivity contribution is 5.95. The molecule has 0 amide bonds. The summed E-state index contributed by atoms with van der Waals surface area (Å²) in [7, 11) is 1.65. The number of aliphatic hydroxyl groups excluding tert-OH is 1. The number of fused-ring (bicyclic) bond motifs is 1. The summed E-state index contributed by atoms with van der Waals surface area (Å²) in [6.45, 7) is 0.266. The van der Waals surface area contributed by atoms with Crippen molar-refractivity contribution in [3.05, 3.63) is 60.7 Å². The van der Waals surface area contributed by atoms with Gasteiger partial charge in [-0.3, -0.25) is 0 Å². The van der Waals surface area contributed by atoms with Crippen LogP contribution in [-0.4, -0.2) is 25.4 Å². The summed E-state index contributed by atoms with van der Waals surface area (Å²) in [5.74, 6) is 1.62. The van der Waals surface area contributed by atoms with Gasteiger partial charge in [-0.1, -0.05) is 48.5 Å². The first-order valence-corrected chi connectivity index (χ1v) is 7.23. The van der Waals surface area contributed by atoms with Crippen molar-refractivity contribution in [1.29, 1.82) is 0 Å². The maximum Gasteiger partial charge on any atom is 0.135 e. The number of ether oxygens (including phenoxy) is 2. The molecule has 0 aliphatic rings. The summed E-state index contributed by atoms with van der Waals surface area (Å²) in [5.41, 5.74) is 2.06. The van der Waals surface area contributed by atoms with Gasteiger partial charge >= 0.3 is 0 Å². The fourth-order valence-corrected chi connectivity index (χ4v) is 2.54. The van der Waals surface area contributed by atoms with Crippen LogP contribution in [0, 0.1) is 0 Å². The summed E-state index contributed by atoms with van der Waals surface area (Å²) < 4.78 is 11.0. The van der Waals surface area contributed by atoms with Crippen molar-refractivity contribution in [3.63, 3.8) is 0 Å². The number of benzene rings is 3. The zero-order chi connectivity index (χ0) is 15.4. The second-order valence-electron chi connectivity index (χ2n) is 4.96. The van der Waals surface area contributed by atoms with Crippen molar-refractivity contribution in [3.8, 4) is 22.6 Å². The fraction of sp³-hybridized carbons (Fsp3) is 0.158. The summed E-state index contributed by atoms with van der Waals surface area (Å²) >= 11 is 0. The van der Waals surface area contributed by atoms with Crippen LogP contribution in [0.15, 0.2) is 60.7 Å². The average Bonchev–Trinajstić information content (AvgIpc) is 2.59. The number of rotatable bonds is 5. The molecule has 3 nitrogen and oxygen atoms in total. The Morgan fingerprint density at radius 1 is 0.909 bits per heavy atom.